The van der Waals surface area contributed by atoms with Crippen molar-refractivity contribution in [3.8, 4) is 0 Å². The van der Waals surface area contributed by atoms with Crippen LogP contribution in [-0.4, -0.2) is 44.2 Å². The summed E-state index contributed by atoms with van der Waals surface area (Å²) >= 11 is 5.94. The van der Waals surface area contributed by atoms with Gasteiger partial charge in [-0.3, -0.25) is 19.0 Å². The van der Waals surface area contributed by atoms with Crippen molar-refractivity contribution in [2.24, 2.45) is 5.92 Å². The normalized spacial score (nSPS) is 15.4. The Hall–Kier alpha value is -4.50. The van der Waals surface area contributed by atoms with Gasteiger partial charge in [0.2, 0.25) is 11.8 Å². The predicted octanol–water partition coefficient (Wildman–Crippen LogP) is 3.62. The Morgan fingerprint density at radius 2 is 1.79 bits per heavy atom. The van der Waals surface area contributed by atoms with Gasteiger partial charge in [0.05, 0.1) is 25.2 Å². The van der Waals surface area contributed by atoms with Gasteiger partial charge in [-0.15, -0.1) is 0 Å². The summed E-state index contributed by atoms with van der Waals surface area (Å²) in [6.07, 6.45) is 3.21. The molecule has 1 N–H and O–H groups in total. The number of nitrogens with zero attached hydrogens (tertiary/aromatic N) is 5. The molecule has 6 rings (SSSR count). The number of carbonyl (C=O) groups is 2. The number of rotatable bonds is 7. The van der Waals surface area contributed by atoms with Crippen LogP contribution < -0.4 is 15.8 Å². The molecule has 1 saturated heterocycles. The van der Waals surface area contributed by atoms with E-state index in [9.17, 15) is 14.4 Å². The van der Waals surface area contributed by atoms with Crippen molar-refractivity contribution in [2.45, 2.75) is 19.5 Å². The van der Waals surface area contributed by atoms with E-state index in [1.165, 1.54) is 6.20 Å². The largest absolute Gasteiger partial charge is 0.354 e. The van der Waals surface area contributed by atoms with Gasteiger partial charge < -0.3 is 10.2 Å². The lowest BCUT2D eigenvalue weighted by molar-refractivity contribution is -0.126. The zero-order chi connectivity index (χ0) is 26.9. The molecule has 3 heterocycles. The third-order valence-electron chi connectivity index (χ3n) is 7.10. The molecule has 5 aromatic rings. The third-order valence-corrected chi connectivity index (χ3v) is 7.35. The van der Waals surface area contributed by atoms with Gasteiger partial charge in [-0.2, -0.15) is 5.10 Å². The number of fused-ring (bicyclic) bond motifs is 2. The number of halogens is 1. The quantitative estimate of drug-likeness (QED) is 0.340. The molecular weight excluding hydrogens is 516 g/mol. The summed E-state index contributed by atoms with van der Waals surface area (Å²) < 4.78 is 3.19. The SMILES string of the molecule is O=C(NCCn1ncc2c(=O)n(Cc3cccc4ccccc34)cnc21)C1CC(=O)N(c2ccc(Cl)cc2)C1. The lowest BCUT2D eigenvalue weighted by Crippen LogP contribution is -2.35. The summed E-state index contributed by atoms with van der Waals surface area (Å²) in [4.78, 5) is 44.5. The smallest absolute Gasteiger partial charge is 0.264 e. The van der Waals surface area contributed by atoms with Gasteiger partial charge in [0, 0.05) is 30.2 Å². The molecule has 2 aromatic heterocycles. The summed E-state index contributed by atoms with van der Waals surface area (Å²) in [6.45, 7) is 1.35. The molecule has 0 spiro atoms. The molecule has 1 unspecified atom stereocenters. The molecule has 1 aliphatic heterocycles. The van der Waals surface area contributed by atoms with Crippen LogP contribution in [0.4, 0.5) is 5.69 Å². The van der Waals surface area contributed by atoms with Crippen molar-refractivity contribution in [1.82, 2.24) is 24.6 Å². The molecule has 0 saturated carbocycles. The van der Waals surface area contributed by atoms with Crippen LogP contribution in [0.1, 0.15) is 12.0 Å². The van der Waals surface area contributed by atoms with E-state index >= 15 is 0 Å². The van der Waals surface area contributed by atoms with Gasteiger partial charge in [0.1, 0.15) is 11.7 Å². The fraction of sp³-hybridized carbons (Fsp3) is 0.207. The summed E-state index contributed by atoms with van der Waals surface area (Å²) in [5, 5.41) is 10.5. The maximum absolute atomic E-state index is 13.2. The van der Waals surface area contributed by atoms with Crippen molar-refractivity contribution in [3.63, 3.8) is 0 Å². The van der Waals surface area contributed by atoms with E-state index in [-0.39, 0.29) is 23.8 Å². The number of anilines is 1. The van der Waals surface area contributed by atoms with Gasteiger partial charge in [-0.25, -0.2) is 9.67 Å². The average molecular weight is 541 g/mol. The molecule has 0 aliphatic carbocycles. The van der Waals surface area contributed by atoms with Crippen LogP contribution in [0.25, 0.3) is 21.8 Å². The van der Waals surface area contributed by atoms with Gasteiger partial charge in [-0.1, -0.05) is 54.1 Å². The Morgan fingerprint density at radius 3 is 2.64 bits per heavy atom. The molecule has 39 heavy (non-hydrogen) atoms. The van der Waals surface area contributed by atoms with E-state index in [2.05, 4.69) is 15.4 Å². The van der Waals surface area contributed by atoms with Crippen molar-refractivity contribution < 1.29 is 9.59 Å². The van der Waals surface area contributed by atoms with Crippen molar-refractivity contribution in [1.29, 1.82) is 0 Å². The lowest BCUT2D eigenvalue weighted by atomic mass is 10.0. The minimum Gasteiger partial charge on any atom is -0.354 e. The second-order valence-electron chi connectivity index (χ2n) is 9.59. The molecular formula is C29H25ClN6O3. The Kier molecular flexibility index (Phi) is 6.58. The number of amides is 2. The molecule has 1 fully saturated rings. The highest BCUT2D eigenvalue weighted by molar-refractivity contribution is 6.30. The van der Waals surface area contributed by atoms with Crippen molar-refractivity contribution in [3.05, 3.63) is 100 Å². The van der Waals surface area contributed by atoms with Crippen LogP contribution in [0.15, 0.2) is 84.0 Å². The van der Waals surface area contributed by atoms with Gasteiger partial charge in [-0.05, 0) is 40.6 Å². The van der Waals surface area contributed by atoms with Crippen molar-refractivity contribution >= 4 is 50.9 Å². The fourth-order valence-electron chi connectivity index (χ4n) is 5.07. The molecule has 1 atom stereocenters. The molecule has 196 valence electrons. The van der Waals surface area contributed by atoms with E-state index in [0.717, 1.165) is 22.0 Å². The maximum atomic E-state index is 13.2. The zero-order valence-electron chi connectivity index (χ0n) is 21.0. The van der Waals surface area contributed by atoms with E-state index in [4.69, 9.17) is 11.6 Å². The number of hydrogen-bond acceptors (Lipinski definition) is 5. The second-order valence-corrected chi connectivity index (χ2v) is 10.0. The van der Waals surface area contributed by atoms with Crippen LogP contribution in [0, 0.1) is 5.92 Å². The number of hydrogen-bond donors (Lipinski definition) is 1. The van der Waals surface area contributed by atoms with Crippen LogP contribution in [0.3, 0.4) is 0 Å². The third kappa shape index (κ3) is 4.88. The molecule has 10 heteroatoms. The predicted molar refractivity (Wildman–Crippen MR) is 150 cm³/mol. The van der Waals surface area contributed by atoms with Crippen LogP contribution in [-0.2, 0) is 22.7 Å². The topological polar surface area (TPSA) is 102 Å². The second kappa shape index (κ2) is 10.3. The minimum absolute atomic E-state index is 0.0977. The minimum atomic E-state index is -0.443. The van der Waals surface area contributed by atoms with Crippen LogP contribution in [0.5, 0.6) is 0 Å². The van der Waals surface area contributed by atoms with E-state index in [1.807, 2.05) is 42.5 Å². The Balaban J connectivity index is 1.10. The van der Waals surface area contributed by atoms with Crippen molar-refractivity contribution in [2.75, 3.05) is 18.0 Å². The Morgan fingerprint density at radius 1 is 1.00 bits per heavy atom. The molecule has 2 amide bonds. The zero-order valence-corrected chi connectivity index (χ0v) is 21.7. The first-order valence-corrected chi connectivity index (χ1v) is 13.1. The highest BCUT2D eigenvalue weighted by Gasteiger charge is 2.35. The van der Waals surface area contributed by atoms with E-state index < -0.39 is 5.92 Å². The maximum Gasteiger partial charge on any atom is 0.264 e. The highest BCUT2D eigenvalue weighted by atomic mass is 35.5. The van der Waals surface area contributed by atoms with Gasteiger partial charge in [0.15, 0.2) is 5.65 Å². The first kappa shape index (κ1) is 24.8. The fourth-order valence-corrected chi connectivity index (χ4v) is 5.20. The number of carbonyl (C=O) groups excluding carboxylic acids is 2. The summed E-state index contributed by atoms with van der Waals surface area (Å²) in [6, 6.07) is 21.1. The van der Waals surface area contributed by atoms with Crippen LogP contribution in [0.2, 0.25) is 5.02 Å². The summed E-state index contributed by atoms with van der Waals surface area (Å²) in [5.41, 5.74) is 2.05. The summed E-state index contributed by atoms with van der Waals surface area (Å²) in [7, 11) is 0. The monoisotopic (exact) mass is 540 g/mol. The number of nitrogens with one attached hydrogen (secondary N) is 1. The van der Waals surface area contributed by atoms with Crippen LogP contribution >= 0.6 is 11.6 Å². The van der Waals surface area contributed by atoms with E-state index in [1.54, 1.807) is 44.7 Å². The number of aromatic nitrogens is 4. The number of benzene rings is 3. The average Bonchev–Trinajstić information content (AvgIpc) is 3.55. The van der Waals surface area contributed by atoms with E-state index in [0.29, 0.717) is 42.2 Å². The Labute approximate surface area is 228 Å². The first-order valence-electron chi connectivity index (χ1n) is 12.7. The summed E-state index contributed by atoms with van der Waals surface area (Å²) in [5.74, 6) is -0.733. The Bertz CT molecular complexity index is 1760. The lowest BCUT2D eigenvalue weighted by Gasteiger charge is -2.16. The highest BCUT2D eigenvalue weighted by Crippen LogP contribution is 2.26. The van der Waals surface area contributed by atoms with Gasteiger partial charge in [0.25, 0.3) is 5.56 Å². The molecule has 3 aromatic carbocycles. The molecule has 0 bridgehead atoms. The molecule has 0 radical (unpaired) electrons. The first-order chi connectivity index (χ1) is 19.0. The standard InChI is InChI=1S/C29H25ClN6O3/c30-22-8-10-23(11-9-22)35-17-21(14-26(35)37)28(38)31-12-13-36-27-25(15-33-36)29(39)34(18-32-27)16-20-6-3-5-19-4-1-2-7-24(19)20/h1-11,15,18,21H,12-14,16-17H2,(H,31,38). The molecule has 1 aliphatic rings. The molecule has 9 nitrogen and oxygen atoms in total. The van der Waals surface area contributed by atoms with Gasteiger partial charge >= 0.3 is 0 Å².